The second-order valence-corrected chi connectivity index (χ2v) is 7.58. The Bertz CT molecular complexity index is 596. The van der Waals surface area contributed by atoms with Crippen LogP contribution in [-0.4, -0.2) is 15.0 Å². The van der Waals surface area contributed by atoms with Crippen LogP contribution < -0.4 is 10.5 Å². The minimum atomic E-state index is -3.84. The van der Waals surface area contributed by atoms with Crippen molar-refractivity contribution in [2.45, 2.75) is 50.3 Å². The molecule has 0 unspecified atom stereocenters. The molecule has 0 aliphatic heterocycles. The maximum atomic E-state index is 14.0. The van der Waals surface area contributed by atoms with E-state index in [1.165, 1.54) is 38.3 Å². The van der Waals surface area contributed by atoms with E-state index in [0.29, 0.717) is 12.5 Å². The molecule has 0 atom stereocenters. The number of nitrogen functional groups attached to an aromatic ring is 1. The zero-order valence-corrected chi connectivity index (χ0v) is 13.2. The van der Waals surface area contributed by atoms with Crippen molar-refractivity contribution in [3.8, 4) is 0 Å². The van der Waals surface area contributed by atoms with Gasteiger partial charge in [0.1, 0.15) is 10.7 Å². The predicted molar refractivity (Wildman–Crippen MR) is 81.9 cm³/mol. The molecule has 21 heavy (non-hydrogen) atoms. The first-order valence-corrected chi connectivity index (χ1v) is 8.94. The normalized spacial score (nSPS) is 17.0. The van der Waals surface area contributed by atoms with Crippen molar-refractivity contribution in [2.24, 2.45) is 5.92 Å². The highest BCUT2D eigenvalue weighted by atomic mass is 32.2. The number of hydrogen-bond acceptors (Lipinski definition) is 3. The van der Waals surface area contributed by atoms with Crippen molar-refractivity contribution >= 4 is 15.7 Å². The molecule has 6 heteroatoms. The molecule has 0 heterocycles. The Morgan fingerprint density at radius 2 is 1.95 bits per heavy atom. The van der Waals surface area contributed by atoms with E-state index in [2.05, 4.69) is 4.72 Å². The van der Waals surface area contributed by atoms with Gasteiger partial charge in [-0.05, 0) is 37.0 Å². The van der Waals surface area contributed by atoms with Gasteiger partial charge < -0.3 is 5.73 Å². The van der Waals surface area contributed by atoms with Crippen LogP contribution in [0.2, 0.25) is 0 Å². The minimum Gasteiger partial charge on any atom is -0.399 e. The van der Waals surface area contributed by atoms with Crippen LogP contribution in [0.1, 0.15) is 44.1 Å². The number of rotatable bonds is 5. The first kappa shape index (κ1) is 16.2. The summed E-state index contributed by atoms with van der Waals surface area (Å²) in [6, 6.07) is 2.60. The van der Waals surface area contributed by atoms with Crippen LogP contribution in [0.25, 0.3) is 0 Å². The van der Waals surface area contributed by atoms with Crippen LogP contribution in [0.3, 0.4) is 0 Å². The summed E-state index contributed by atoms with van der Waals surface area (Å²) in [5.74, 6) is -0.150. The third-order valence-corrected chi connectivity index (χ3v) is 5.56. The fraction of sp³-hybridized carbons (Fsp3) is 0.600. The lowest BCUT2D eigenvalue weighted by Crippen LogP contribution is -2.27. The lowest BCUT2D eigenvalue weighted by atomic mass is 9.87. The number of nitrogens with one attached hydrogen (secondary N) is 1. The molecule has 3 N–H and O–H groups in total. The summed E-state index contributed by atoms with van der Waals surface area (Å²) in [5, 5.41) is 0. The standard InChI is InChI=1S/C15H23FN2O2S/c1-11-9-13(17)10-14(15(11)16)21(19,20)18-8-7-12-5-3-2-4-6-12/h9-10,12,18H,2-8,17H2,1H3. The fourth-order valence-electron chi connectivity index (χ4n) is 2.91. The Hall–Kier alpha value is -1.14. The summed E-state index contributed by atoms with van der Waals surface area (Å²) in [6.45, 7) is 1.85. The van der Waals surface area contributed by atoms with Crippen molar-refractivity contribution < 1.29 is 12.8 Å². The highest BCUT2D eigenvalue weighted by Crippen LogP contribution is 2.26. The van der Waals surface area contributed by atoms with Gasteiger partial charge in [0.25, 0.3) is 0 Å². The molecular formula is C15H23FN2O2S. The highest BCUT2D eigenvalue weighted by molar-refractivity contribution is 7.89. The van der Waals surface area contributed by atoms with Crippen molar-refractivity contribution in [3.05, 3.63) is 23.5 Å². The van der Waals surface area contributed by atoms with Gasteiger partial charge in [0.2, 0.25) is 10.0 Å². The van der Waals surface area contributed by atoms with Gasteiger partial charge >= 0.3 is 0 Å². The summed E-state index contributed by atoms with van der Waals surface area (Å²) in [6.07, 6.45) is 6.85. The average Bonchev–Trinajstić information content (AvgIpc) is 2.43. The smallest absolute Gasteiger partial charge is 0.243 e. The summed E-state index contributed by atoms with van der Waals surface area (Å²) < 4.78 is 40.9. The molecule has 0 bridgehead atoms. The Balaban J connectivity index is 2.01. The van der Waals surface area contributed by atoms with Gasteiger partial charge in [-0.15, -0.1) is 0 Å². The molecule has 1 saturated carbocycles. The first-order chi connectivity index (χ1) is 9.90. The molecule has 4 nitrogen and oxygen atoms in total. The monoisotopic (exact) mass is 314 g/mol. The maximum absolute atomic E-state index is 14.0. The van der Waals surface area contributed by atoms with E-state index in [-0.39, 0.29) is 16.1 Å². The van der Waals surface area contributed by atoms with Gasteiger partial charge in [-0.3, -0.25) is 0 Å². The number of sulfonamides is 1. The maximum Gasteiger partial charge on any atom is 0.243 e. The van der Waals surface area contributed by atoms with E-state index in [1.54, 1.807) is 0 Å². The molecule has 1 aliphatic rings. The van der Waals surface area contributed by atoms with Crippen molar-refractivity contribution in [3.63, 3.8) is 0 Å². The Morgan fingerprint density at radius 1 is 1.29 bits per heavy atom. The van der Waals surface area contributed by atoms with Gasteiger partial charge in [-0.1, -0.05) is 32.1 Å². The van der Waals surface area contributed by atoms with E-state index in [0.717, 1.165) is 19.3 Å². The van der Waals surface area contributed by atoms with E-state index in [1.807, 2.05) is 0 Å². The third-order valence-electron chi connectivity index (χ3n) is 4.10. The van der Waals surface area contributed by atoms with Crippen molar-refractivity contribution in [1.29, 1.82) is 0 Å². The molecule has 1 fully saturated rings. The lowest BCUT2D eigenvalue weighted by molar-refractivity contribution is 0.339. The Morgan fingerprint density at radius 3 is 2.62 bits per heavy atom. The summed E-state index contributed by atoms with van der Waals surface area (Å²) in [7, 11) is -3.84. The first-order valence-electron chi connectivity index (χ1n) is 7.45. The van der Waals surface area contributed by atoms with E-state index >= 15 is 0 Å². The molecular weight excluding hydrogens is 291 g/mol. The van der Waals surface area contributed by atoms with E-state index < -0.39 is 15.8 Å². The molecule has 1 aromatic carbocycles. The Labute approximate surface area is 126 Å². The SMILES string of the molecule is Cc1cc(N)cc(S(=O)(=O)NCCC2CCCCC2)c1F. The topological polar surface area (TPSA) is 72.2 Å². The van der Waals surface area contributed by atoms with Crippen LogP contribution >= 0.6 is 0 Å². The van der Waals surface area contributed by atoms with Crippen molar-refractivity contribution in [2.75, 3.05) is 12.3 Å². The van der Waals surface area contributed by atoms with Crippen LogP contribution in [0.15, 0.2) is 17.0 Å². The third kappa shape index (κ3) is 4.17. The van der Waals surface area contributed by atoms with Gasteiger partial charge in [0.05, 0.1) is 0 Å². The average molecular weight is 314 g/mol. The molecule has 1 aromatic rings. The van der Waals surface area contributed by atoms with Crippen LogP contribution in [0, 0.1) is 18.7 Å². The highest BCUT2D eigenvalue weighted by Gasteiger charge is 2.21. The lowest BCUT2D eigenvalue weighted by Gasteiger charge is -2.21. The number of nitrogens with two attached hydrogens (primary N) is 1. The van der Waals surface area contributed by atoms with Crippen LogP contribution in [0.5, 0.6) is 0 Å². The molecule has 0 radical (unpaired) electrons. The number of anilines is 1. The zero-order chi connectivity index (χ0) is 15.5. The molecule has 1 aliphatic carbocycles. The van der Waals surface area contributed by atoms with Crippen LogP contribution in [-0.2, 0) is 10.0 Å². The number of aryl methyl sites for hydroxylation is 1. The Kier molecular flexibility index (Phi) is 5.22. The molecule has 0 spiro atoms. The molecule has 0 amide bonds. The summed E-state index contributed by atoms with van der Waals surface area (Å²) >= 11 is 0. The second-order valence-electron chi connectivity index (χ2n) is 5.84. The molecule has 0 aromatic heterocycles. The summed E-state index contributed by atoms with van der Waals surface area (Å²) in [5.41, 5.74) is 6.10. The molecule has 118 valence electrons. The minimum absolute atomic E-state index is 0.239. The number of halogens is 1. The van der Waals surface area contributed by atoms with Gasteiger partial charge in [0.15, 0.2) is 0 Å². The largest absolute Gasteiger partial charge is 0.399 e. The van der Waals surface area contributed by atoms with Gasteiger partial charge in [-0.25, -0.2) is 17.5 Å². The predicted octanol–water partition coefficient (Wildman–Crippen LogP) is 2.97. The van der Waals surface area contributed by atoms with E-state index in [4.69, 9.17) is 5.73 Å². The number of benzene rings is 1. The number of hydrogen-bond donors (Lipinski definition) is 2. The fourth-order valence-corrected chi connectivity index (χ4v) is 4.14. The van der Waals surface area contributed by atoms with Gasteiger partial charge in [0, 0.05) is 12.2 Å². The molecule has 2 rings (SSSR count). The van der Waals surface area contributed by atoms with Crippen molar-refractivity contribution in [1.82, 2.24) is 4.72 Å². The summed E-state index contributed by atoms with van der Waals surface area (Å²) in [4.78, 5) is -0.358. The molecule has 0 saturated heterocycles. The second kappa shape index (κ2) is 6.75. The van der Waals surface area contributed by atoms with Crippen LogP contribution in [0.4, 0.5) is 10.1 Å². The van der Waals surface area contributed by atoms with E-state index in [9.17, 15) is 12.8 Å². The quantitative estimate of drug-likeness (QED) is 0.821. The zero-order valence-electron chi connectivity index (χ0n) is 12.4. The van der Waals surface area contributed by atoms with Gasteiger partial charge in [-0.2, -0.15) is 0 Å².